The zero-order chi connectivity index (χ0) is 12.4. The van der Waals surface area contributed by atoms with E-state index < -0.39 is 0 Å². The van der Waals surface area contributed by atoms with Gasteiger partial charge in [-0.05, 0) is 47.2 Å². The SMILES string of the molecule is Cc1nn(C[NH+](C)Cc2ccc(Br)s2)c(=S)s1. The lowest BCUT2D eigenvalue weighted by Gasteiger charge is -2.12. The van der Waals surface area contributed by atoms with Crippen LogP contribution in [0.3, 0.4) is 0 Å². The first kappa shape index (κ1) is 13.4. The van der Waals surface area contributed by atoms with Crippen molar-refractivity contribution in [2.24, 2.45) is 0 Å². The molecule has 2 heterocycles. The van der Waals surface area contributed by atoms with Gasteiger partial charge in [0, 0.05) is 0 Å². The molecular weight excluding hydrogens is 338 g/mol. The van der Waals surface area contributed by atoms with E-state index in [1.54, 1.807) is 22.7 Å². The third-order valence-electron chi connectivity index (χ3n) is 2.23. The summed E-state index contributed by atoms with van der Waals surface area (Å²) in [4.78, 5) is 2.74. The Bertz CT molecular complexity index is 557. The van der Waals surface area contributed by atoms with Crippen LogP contribution in [0.2, 0.25) is 0 Å². The van der Waals surface area contributed by atoms with Gasteiger partial charge in [-0.1, -0.05) is 11.3 Å². The Hall–Kier alpha value is -0.0800. The number of quaternary nitrogens is 1. The van der Waals surface area contributed by atoms with Crippen LogP contribution in [0.1, 0.15) is 9.88 Å². The third kappa shape index (κ3) is 3.69. The summed E-state index contributed by atoms with van der Waals surface area (Å²) >= 11 is 12.1. The van der Waals surface area contributed by atoms with Crippen LogP contribution in [-0.2, 0) is 13.2 Å². The molecule has 0 bridgehead atoms. The van der Waals surface area contributed by atoms with Gasteiger partial charge in [-0.15, -0.1) is 11.3 Å². The molecule has 2 rings (SSSR count). The van der Waals surface area contributed by atoms with Gasteiger partial charge in [0.1, 0.15) is 11.6 Å². The van der Waals surface area contributed by atoms with E-state index in [2.05, 4.69) is 40.2 Å². The maximum atomic E-state index is 5.26. The van der Waals surface area contributed by atoms with Crippen LogP contribution >= 0.6 is 50.8 Å². The first-order valence-electron chi connectivity index (χ1n) is 5.14. The maximum absolute atomic E-state index is 5.26. The third-order valence-corrected chi connectivity index (χ3v) is 5.08. The Labute approximate surface area is 122 Å². The number of aryl methyl sites for hydroxylation is 1. The molecule has 0 saturated carbocycles. The number of nitrogens with one attached hydrogen (secondary N) is 1. The minimum absolute atomic E-state index is 0.818. The number of thiophene rings is 1. The van der Waals surface area contributed by atoms with Crippen molar-refractivity contribution in [3.8, 4) is 0 Å². The maximum Gasteiger partial charge on any atom is 0.184 e. The summed E-state index contributed by atoms with van der Waals surface area (Å²) in [5.74, 6) is 0. The van der Waals surface area contributed by atoms with Crippen LogP contribution < -0.4 is 4.90 Å². The summed E-state index contributed by atoms with van der Waals surface area (Å²) in [6.45, 7) is 3.80. The zero-order valence-electron chi connectivity index (χ0n) is 9.57. The molecule has 0 radical (unpaired) electrons. The molecule has 0 aliphatic rings. The molecule has 0 saturated heterocycles. The van der Waals surface area contributed by atoms with Crippen LogP contribution in [0.15, 0.2) is 15.9 Å². The van der Waals surface area contributed by atoms with Crippen molar-refractivity contribution in [3.05, 3.63) is 29.8 Å². The molecule has 2 aromatic heterocycles. The van der Waals surface area contributed by atoms with Gasteiger partial charge in [-0.2, -0.15) is 9.78 Å². The first-order valence-corrected chi connectivity index (χ1v) is 7.98. The highest BCUT2D eigenvalue weighted by Gasteiger charge is 2.09. The first-order chi connectivity index (χ1) is 8.04. The van der Waals surface area contributed by atoms with Crippen molar-refractivity contribution >= 4 is 50.8 Å². The average Bonchev–Trinajstić information content (AvgIpc) is 2.74. The van der Waals surface area contributed by atoms with Gasteiger partial charge in [0.2, 0.25) is 0 Å². The van der Waals surface area contributed by atoms with Crippen molar-refractivity contribution in [3.63, 3.8) is 0 Å². The van der Waals surface area contributed by atoms with Gasteiger partial charge in [0.15, 0.2) is 10.6 Å². The zero-order valence-corrected chi connectivity index (χ0v) is 13.6. The highest BCUT2D eigenvalue weighted by atomic mass is 79.9. The molecule has 0 amide bonds. The van der Waals surface area contributed by atoms with Gasteiger partial charge in [0.25, 0.3) is 0 Å². The molecule has 1 unspecified atom stereocenters. The van der Waals surface area contributed by atoms with Crippen molar-refractivity contribution in [2.45, 2.75) is 20.1 Å². The minimum atomic E-state index is 0.818. The quantitative estimate of drug-likeness (QED) is 0.855. The number of aromatic nitrogens is 2. The second-order valence-electron chi connectivity index (χ2n) is 3.88. The van der Waals surface area contributed by atoms with E-state index in [1.165, 1.54) is 13.6 Å². The van der Waals surface area contributed by atoms with Gasteiger partial charge in [0.05, 0.1) is 15.7 Å². The molecule has 92 valence electrons. The van der Waals surface area contributed by atoms with E-state index in [9.17, 15) is 0 Å². The molecule has 0 fully saturated rings. The van der Waals surface area contributed by atoms with Crippen molar-refractivity contribution in [2.75, 3.05) is 7.05 Å². The largest absolute Gasteiger partial charge is 0.314 e. The molecule has 17 heavy (non-hydrogen) atoms. The minimum Gasteiger partial charge on any atom is -0.314 e. The molecular formula is C10H13BrN3S3+. The van der Waals surface area contributed by atoms with E-state index in [0.29, 0.717) is 0 Å². The Morgan fingerprint density at radius 2 is 2.24 bits per heavy atom. The normalized spacial score (nSPS) is 12.9. The van der Waals surface area contributed by atoms with Crippen LogP contribution in [0.5, 0.6) is 0 Å². The number of rotatable bonds is 4. The van der Waals surface area contributed by atoms with Crippen molar-refractivity contribution < 1.29 is 4.90 Å². The van der Waals surface area contributed by atoms with Crippen LogP contribution in [0, 0.1) is 10.9 Å². The number of hydrogen-bond acceptors (Lipinski definition) is 4. The summed E-state index contributed by atoms with van der Waals surface area (Å²) < 4.78 is 3.95. The Balaban J connectivity index is 2.00. The molecule has 0 aliphatic carbocycles. The van der Waals surface area contributed by atoms with Crippen LogP contribution in [0.25, 0.3) is 0 Å². The van der Waals surface area contributed by atoms with E-state index in [4.69, 9.17) is 12.2 Å². The Morgan fingerprint density at radius 1 is 1.47 bits per heavy atom. The summed E-state index contributed by atoms with van der Waals surface area (Å²) in [6, 6.07) is 4.25. The summed E-state index contributed by atoms with van der Waals surface area (Å²) in [5, 5.41) is 5.43. The molecule has 1 N–H and O–H groups in total. The molecule has 0 spiro atoms. The lowest BCUT2D eigenvalue weighted by atomic mass is 10.4. The number of nitrogens with zero attached hydrogens (tertiary/aromatic N) is 2. The van der Waals surface area contributed by atoms with E-state index in [-0.39, 0.29) is 0 Å². The number of hydrogen-bond donors (Lipinski definition) is 1. The standard InChI is InChI=1S/C10H12BrN3S3/c1-7-12-14(10(15)16-7)6-13(2)5-8-3-4-9(11)17-8/h3-4H,5-6H2,1-2H3/p+1. The van der Waals surface area contributed by atoms with Crippen LogP contribution in [0.4, 0.5) is 0 Å². The molecule has 0 aliphatic heterocycles. The monoisotopic (exact) mass is 350 g/mol. The predicted molar refractivity (Wildman–Crippen MR) is 78.3 cm³/mol. The smallest absolute Gasteiger partial charge is 0.184 e. The fourth-order valence-electron chi connectivity index (χ4n) is 1.57. The van der Waals surface area contributed by atoms with Crippen molar-refractivity contribution in [1.29, 1.82) is 0 Å². The highest BCUT2D eigenvalue weighted by Crippen LogP contribution is 2.21. The fraction of sp³-hybridized carbons (Fsp3) is 0.400. The molecule has 0 aromatic carbocycles. The van der Waals surface area contributed by atoms with Crippen molar-refractivity contribution in [1.82, 2.24) is 9.78 Å². The fourth-order valence-corrected chi connectivity index (χ4v) is 4.23. The topological polar surface area (TPSA) is 22.3 Å². The highest BCUT2D eigenvalue weighted by molar-refractivity contribution is 9.11. The lowest BCUT2D eigenvalue weighted by Crippen LogP contribution is -3.06. The predicted octanol–water partition coefficient (Wildman–Crippen LogP) is 2.48. The molecule has 7 heteroatoms. The van der Waals surface area contributed by atoms with E-state index in [1.807, 2.05) is 11.6 Å². The van der Waals surface area contributed by atoms with E-state index in [0.717, 1.165) is 22.2 Å². The molecule has 2 aromatic rings. The van der Waals surface area contributed by atoms with Gasteiger partial charge < -0.3 is 4.90 Å². The summed E-state index contributed by atoms with van der Waals surface area (Å²) in [6.07, 6.45) is 0. The average molecular weight is 351 g/mol. The lowest BCUT2D eigenvalue weighted by molar-refractivity contribution is -0.917. The van der Waals surface area contributed by atoms with Gasteiger partial charge in [-0.3, -0.25) is 0 Å². The van der Waals surface area contributed by atoms with E-state index >= 15 is 0 Å². The Kier molecular flexibility index (Phi) is 4.48. The van der Waals surface area contributed by atoms with Gasteiger partial charge >= 0.3 is 0 Å². The molecule has 3 nitrogen and oxygen atoms in total. The van der Waals surface area contributed by atoms with Gasteiger partial charge in [-0.25, -0.2) is 0 Å². The van der Waals surface area contributed by atoms with Crippen LogP contribution in [-0.4, -0.2) is 16.8 Å². The molecule has 1 atom stereocenters. The summed E-state index contributed by atoms with van der Waals surface area (Å²) in [5.41, 5.74) is 0. The summed E-state index contributed by atoms with van der Waals surface area (Å²) in [7, 11) is 2.16. The second-order valence-corrected chi connectivity index (χ2v) is 8.26. The number of halogens is 1. The second kappa shape index (κ2) is 5.71. The Morgan fingerprint density at radius 3 is 2.76 bits per heavy atom.